The molecule has 0 radical (unpaired) electrons. The van der Waals surface area contributed by atoms with E-state index in [2.05, 4.69) is 15.5 Å². The zero-order chi connectivity index (χ0) is 21.6. The predicted molar refractivity (Wildman–Crippen MR) is 120 cm³/mol. The molecule has 2 heterocycles. The molecule has 1 aliphatic heterocycles. The lowest BCUT2D eigenvalue weighted by Gasteiger charge is -2.34. The van der Waals surface area contributed by atoms with Crippen LogP contribution in [0.25, 0.3) is 5.69 Å². The number of aryl methyl sites for hydroxylation is 1. The molecule has 1 N–H and O–H groups in total. The van der Waals surface area contributed by atoms with E-state index in [0.29, 0.717) is 31.3 Å². The van der Waals surface area contributed by atoms with Crippen molar-refractivity contribution in [2.45, 2.75) is 12.1 Å². The first-order valence-corrected chi connectivity index (χ1v) is 11.1. The third kappa shape index (κ3) is 5.05. The number of amides is 3. The van der Waals surface area contributed by atoms with Crippen LogP contribution in [0.3, 0.4) is 0 Å². The van der Waals surface area contributed by atoms with Crippen molar-refractivity contribution >= 4 is 29.4 Å². The first-order chi connectivity index (χ1) is 15.1. The number of urea groups is 1. The van der Waals surface area contributed by atoms with Crippen LogP contribution in [0, 0.1) is 6.92 Å². The van der Waals surface area contributed by atoms with Crippen LogP contribution in [0.4, 0.5) is 10.5 Å². The summed E-state index contributed by atoms with van der Waals surface area (Å²) in [4.78, 5) is 28.7. The Bertz CT molecular complexity index is 1050. The molecule has 0 bridgehead atoms. The van der Waals surface area contributed by atoms with Gasteiger partial charge in [0.15, 0.2) is 5.16 Å². The number of hydrogen-bond acceptors (Lipinski definition) is 5. The first-order valence-electron chi connectivity index (χ1n) is 10.1. The molecule has 9 heteroatoms. The number of nitrogens with one attached hydrogen (secondary N) is 1. The van der Waals surface area contributed by atoms with Crippen molar-refractivity contribution in [3.63, 3.8) is 0 Å². The number of carbonyl (C=O) groups is 2. The van der Waals surface area contributed by atoms with Crippen molar-refractivity contribution in [3.8, 4) is 5.69 Å². The van der Waals surface area contributed by atoms with E-state index in [1.165, 1.54) is 11.8 Å². The number of nitrogens with zero attached hydrogens (tertiary/aromatic N) is 5. The van der Waals surface area contributed by atoms with Crippen LogP contribution >= 0.6 is 11.8 Å². The monoisotopic (exact) mass is 436 g/mol. The van der Waals surface area contributed by atoms with Crippen LogP contribution in [0.1, 0.15) is 5.56 Å². The number of carbonyl (C=O) groups excluding carboxylic acids is 2. The maximum Gasteiger partial charge on any atom is 0.321 e. The number of piperazine rings is 1. The Morgan fingerprint density at radius 2 is 1.65 bits per heavy atom. The number of rotatable bonds is 5. The highest BCUT2D eigenvalue weighted by Crippen LogP contribution is 2.22. The maximum absolute atomic E-state index is 12.7. The second-order valence-corrected chi connectivity index (χ2v) is 8.17. The molecule has 4 rings (SSSR count). The highest BCUT2D eigenvalue weighted by molar-refractivity contribution is 7.99. The van der Waals surface area contributed by atoms with Gasteiger partial charge in [0.2, 0.25) is 5.91 Å². The molecule has 0 aliphatic carbocycles. The van der Waals surface area contributed by atoms with Gasteiger partial charge in [-0.25, -0.2) is 4.79 Å². The van der Waals surface area contributed by atoms with E-state index in [1.54, 1.807) is 16.1 Å². The molecular formula is C22H24N6O2S. The van der Waals surface area contributed by atoms with E-state index < -0.39 is 0 Å². The normalized spacial score (nSPS) is 13.8. The number of benzene rings is 2. The van der Waals surface area contributed by atoms with E-state index in [4.69, 9.17) is 0 Å². The lowest BCUT2D eigenvalue weighted by atomic mass is 10.2. The maximum atomic E-state index is 12.7. The molecule has 3 aromatic rings. The SMILES string of the molecule is Cc1ccccc1-n1cnnc1SCC(=O)N1CCN(C(=O)Nc2ccccc2)CC1. The molecular weight excluding hydrogens is 412 g/mol. The zero-order valence-corrected chi connectivity index (χ0v) is 18.1. The summed E-state index contributed by atoms with van der Waals surface area (Å²) in [5, 5.41) is 11.8. The summed E-state index contributed by atoms with van der Waals surface area (Å²) in [5.41, 5.74) is 2.88. The fourth-order valence-corrected chi connectivity index (χ4v) is 4.25. The summed E-state index contributed by atoms with van der Waals surface area (Å²) < 4.78 is 1.90. The Kier molecular flexibility index (Phi) is 6.51. The van der Waals surface area contributed by atoms with Gasteiger partial charge in [-0.3, -0.25) is 9.36 Å². The van der Waals surface area contributed by atoms with Crippen molar-refractivity contribution < 1.29 is 9.59 Å². The van der Waals surface area contributed by atoms with Crippen molar-refractivity contribution in [2.75, 3.05) is 37.2 Å². The molecule has 8 nitrogen and oxygen atoms in total. The Balaban J connectivity index is 1.28. The van der Waals surface area contributed by atoms with E-state index in [0.717, 1.165) is 16.9 Å². The summed E-state index contributed by atoms with van der Waals surface area (Å²) in [7, 11) is 0. The molecule has 1 saturated heterocycles. The average molecular weight is 437 g/mol. The average Bonchev–Trinajstić information content (AvgIpc) is 3.27. The fourth-order valence-electron chi connectivity index (χ4n) is 3.42. The molecule has 0 unspecified atom stereocenters. The van der Waals surface area contributed by atoms with Crippen LogP contribution in [-0.4, -0.2) is 68.4 Å². The molecule has 0 saturated carbocycles. The van der Waals surface area contributed by atoms with Gasteiger partial charge in [-0.1, -0.05) is 48.2 Å². The molecule has 2 aromatic carbocycles. The van der Waals surface area contributed by atoms with Gasteiger partial charge in [-0.2, -0.15) is 0 Å². The largest absolute Gasteiger partial charge is 0.338 e. The Morgan fingerprint density at radius 1 is 0.968 bits per heavy atom. The molecule has 1 aliphatic rings. The number of anilines is 1. The third-order valence-electron chi connectivity index (χ3n) is 5.16. The van der Waals surface area contributed by atoms with E-state index in [1.807, 2.05) is 66.1 Å². The standard InChI is InChI=1S/C22H24N6O2S/c1-17-7-5-6-10-19(17)28-16-23-25-22(28)31-15-20(29)26-11-13-27(14-12-26)21(30)24-18-8-3-2-4-9-18/h2-10,16H,11-15H2,1H3,(H,24,30). The van der Waals surface area contributed by atoms with Gasteiger partial charge in [0.25, 0.3) is 0 Å². The van der Waals surface area contributed by atoms with Crippen molar-refractivity contribution in [2.24, 2.45) is 0 Å². The van der Waals surface area contributed by atoms with E-state index in [9.17, 15) is 9.59 Å². The molecule has 3 amide bonds. The minimum absolute atomic E-state index is 0.0347. The number of thioether (sulfide) groups is 1. The van der Waals surface area contributed by atoms with Crippen LogP contribution < -0.4 is 5.32 Å². The topological polar surface area (TPSA) is 83.4 Å². The molecule has 160 valence electrons. The number of aromatic nitrogens is 3. The summed E-state index contributed by atoms with van der Waals surface area (Å²) in [6.45, 7) is 4.09. The predicted octanol–water partition coefficient (Wildman–Crippen LogP) is 3.04. The third-order valence-corrected chi connectivity index (χ3v) is 6.09. The van der Waals surface area contributed by atoms with Gasteiger partial charge in [-0.15, -0.1) is 10.2 Å². The Morgan fingerprint density at radius 3 is 2.39 bits per heavy atom. The Labute approximate surface area is 185 Å². The van der Waals surface area contributed by atoms with Crippen LogP contribution in [0.2, 0.25) is 0 Å². The molecule has 0 spiro atoms. The van der Waals surface area contributed by atoms with Crippen molar-refractivity contribution in [3.05, 3.63) is 66.5 Å². The van der Waals surface area contributed by atoms with E-state index >= 15 is 0 Å². The smallest absolute Gasteiger partial charge is 0.321 e. The summed E-state index contributed by atoms with van der Waals surface area (Å²) in [6, 6.07) is 17.2. The van der Waals surface area contributed by atoms with Gasteiger partial charge < -0.3 is 15.1 Å². The molecule has 1 fully saturated rings. The van der Waals surface area contributed by atoms with Gasteiger partial charge in [0.05, 0.1) is 11.4 Å². The van der Waals surface area contributed by atoms with Crippen molar-refractivity contribution in [1.82, 2.24) is 24.6 Å². The zero-order valence-electron chi connectivity index (χ0n) is 17.3. The minimum atomic E-state index is -0.140. The second kappa shape index (κ2) is 9.65. The first kappa shape index (κ1) is 20.9. The molecule has 1 aromatic heterocycles. The second-order valence-electron chi connectivity index (χ2n) is 7.22. The van der Waals surface area contributed by atoms with Gasteiger partial charge in [0, 0.05) is 31.9 Å². The van der Waals surface area contributed by atoms with Gasteiger partial charge in [0.1, 0.15) is 6.33 Å². The molecule has 0 atom stereocenters. The quantitative estimate of drug-likeness (QED) is 0.622. The van der Waals surface area contributed by atoms with Crippen molar-refractivity contribution in [1.29, 1.82) is 0 Å². The van der Waals surface area contributed by atoms with Crippen LogP contribution in [-0.2, 0) is 4.79 Å². The summed E-state index contributed by atoms with van der Waals surface area (Å²) in [6.07, 6.45) is 1.67. The minimum Gasteiger partial charge on any atom is -0.338 e. The molecule has 31 heavy (non-hydrogen) atoms. The summed E-state index contributed by atoms with van der Waals surface area (Å²) >= 11 is 1.37. The fraction of sp³-hybridized carbons (Fsp3) is 0.273. The number of para-hydroxylation sites is 2. The van der Waals surface area contributed by atoms with Crippen LogP contribution in [0.15, 0.2) is 66.1 Å². The van der Waals surface area contributed by atoms with E-state index in [-0.39, 0.29) is 17.7 Å². The van der Waals surface area contributed by atoms with Gasteiger partial charge in [-0.05, 0) is 30.7 Å². The Hall–Kier alpha value is -3.33. The highest BCUT2D eigenvalue weighted by atomic mass is 32.2. The lowest BCUT2D eigenvalue weighted by molar-refractivity contribution is -0.129. The lowest BCUT2D eigenvalue weighted by Crippen LogP contribution is -2.52. The number of hydrogen-bond donors (Lipinski definition) is 1. The van der Waals surface area contributed by atoms with Crippen LogP contribution in [0.5, 0.6) is 0 Å². The summed E-state index contributed by atoms with van der Waals surface area (Å²) in [5.74, 6) is 0.313. The van der Waals surface area contributed by atoms with Gasteiger partial charge >= 0.3 is 6.03 Å². The highest BCUT2D eigenvalue weighted by Gasteiger charge is 2.24.